The summed E-state index contributed by atoms with van der Waals surface area (Å²) in [5.74, 6) is 0.973. The number of carbonyl (C=O) groups excluding carboxylic acids is 1. The predicted octanol–water partition coefficient (Wildman–Crippen LogP) is 2.73. The number of thioether (sulfide) groups is 1. The van der Waals surface area contributed by atoms with Crippen molar-refractivity contribution < 1.29 is 4.79 Å². The molecule has 1 atom stereocenters. The van der Waals surface area contributed by atoms with Gasteiger partial charge in [0, 0.05) is 24.4 Å². The lowest BCUT2D eigenvalue weighted by Gasteiger charge is -2.23. The Kier molecular flexibility index (Phi) is 3.61. The molecule has 86 valence electrons. The summed E-state index contributed by atoms with van der Waals surface area (Å²) in [5.41, 5.74) is 1.12. The van der Waals surface area contributed by atoms with Crippen molar-refractivity contribution in [3.05, 3.63) is 34.9 Å². The number of benzene rings is 1. The maximum Gasteiger partial charge on any atom is 0.318 e. The second kappa shape index (κ2) is 4.97. The first-order chi connectivity index (χ1) is 7.72. The van der Waals surface area contributed by atoms with Crippen LogP contribution in [0.1, 0.15) is 10.9 Å². The SMILES string of the molecule is CNC(=O)N1CCSC1c1ccc(Cl)cc1. The van der Waals surface area contributed by atoms with Crippen molar-refractivity contribution in [2.75, 3.05) is 19.3 Å². The van der Waals surface area contributed by atoms with Gasteiger partial charge < -0.3 is 10.2 Å². The minimum absolute atomic E-state index is 0.0232. The Bertz CT molecular complexity index is 382. The van der Waals surface area contributed by atoms with Crippen LogP contribution in [0.15, 0.2) is 24.3 Å². The van der Waals surface area contributed by atoms with Crippen LogP contribution >= 0.6 is 23.4 Å². The van der Waals surface area contributed by atoms with E-state index in [0.29, 0.717) is 0 Å². The third-order valence-electron chi connectivity index (χ3n) is 2.52. The molecule has 0 radical (unpaired) electrons. The molecular formula is C11H13ClN2OS. The number of urea groups is 1. The van der Waals surface area contributed by atoms with Gasteiger partial charge in [0.25, 0.3) is 0 Å². The molecular weight excluding hydrogens is 244 g/mol. The third kappa shape index (κ3) is 2.28. The van der Waals surface area contributed by atoms with E-state index < -0.39 is 0 Å². The number of hydrogen-bond acceptors (Lipinski definition) is 2. The number of rotatable bonds is 1. The zero-order valence-corrected chi connectivity index (χ0v) is 10.5. The second-order valence-corrected chi connectivity index (χ2v) is 5.15. The molecule has 1 N–H and O–H groups in total. The first-order valence-corrected chi connectivity index (χ1v) is 6.50. The largest absolute Gasteiger partial charge is 0.341 e. The average Bonchev–Trinajstić information content (AvgIpc) is 2.78. The molecule has 16 heavy (non-hydrogen) atoms. The van der Waals surface area contributed by atoms with Crippen LogP contribution in [0.5, 0.6) is 0 Å². The van der Waals surface area contributed by atoms with Gasteiger partial charge in [-0.15, -0.1) is 11.8 Å². The average molecular weight is 257 g/mol. The van der Waals surface area contributed by atoms with E-state index in [1.54, 1.807) is 18.8 Å². The van der Waals surface area contributed by atoms with Gasteiger partial charge in [0.15, 0.2) is 0 Å². The molecule has 1 fully saturated rings. The van der Waals surface area contributed by atoms with E-state index in [0.717, 1.165) is 22.9 Å². The van der Waals surface area contributed by atoms with Gasteiger partial charge in [0.05, 0.1) is 0 Å². The van der Waals surface area contributed by atoms with Crippen molar-refractivity contribution in [2.24, 2.45) is 0 Å². The normalized spacial score (nSPS) is 19.9. The molecule has 0 aliphatic carbocycles. The summed E-state index contributed by atoms with van der Waals surface area (Å²) in [4.78, 5) is 13.5. The Hall–Kier alpha value is -0.870. The van der Waals surface area contributed by atoms with Crippen molar-refractivity contribution in [1.82, 2.24) is 10.2 Å². The molecule has 1 aromatic carbocycles. The molecule has 5 heteroatoms. The van der Waals surface area contributed by atoms with Crippen LogP contribution in [0.25, 0.3) is 0 Å². The molecule has 1 aromatic rings. The van der Waals surface area contributed by atoms with Gasteiger partial charge >= 0.3 is 6.03 Å². The summed E-state index contributed by atoms with van der Waals surface area (Å²) in [7, 11) is 1.66. The van der Waals surface area contributed by atoms with Crippen LogP contribution in [0.3, 0.4) is 0 Å². The minimum atomic E-state index is -0.0232. The second-order valence-electron chi connectivity index (χ2n) is 3.52. The fourth-order valence-corrected chi connectivity index (χ4v) is 3.11. The Morgan fingerprint density at radius 3 is 2.81 bits per heavy atom. The van der Waals surface area contributed by atoms with Crippen LogP contribution in [0, 0.1) is 0 Å². The molecule has 1 heterocycles. The van der Waals surface area contributed by atoms with Crippen LogP contribution in [0.2, 0.25) is 5.02 Å². The van der Waals surface area contributed by atoms with E-state index in [-0.39, 0.29) is 11.4 Å². The van der Waals surface area contributed by atoms with E-state index in [1.807, 2.05) is 29.2 Å². The van der Waals surface area contributed by atoms with E-state index in [2.05, 4.69) is 5.32 Å². The van der Waals surface area contributed by atoms with Crippen LogP contribution in [0.4, 0.5) is 4.79 Å². The Morgan fingerprint density at radius 2 is 2.19 bits per heavy atom. The molecule has 0 aromatic heterocycles. The summed E-state index contributed by atoms with van der Waals surface area (Å²) >= 11 is 7.62. The lowest BCUT2D eigenvalue weighted by Crippen LogP contribution is -2.37. The number of hydrogen-bond donors (Lipinski definition) is 1. The molecule has 1 aliphatic rings. The molecule has 2 amide bonds. The number of nitrogens with zero attached hydrogens (tertiary/aromatic N) is 1. The molecule has 1 saturated heterocycles. The highest BCUT2D eigenvalue weighted by Gasteiger charge is 2.29. The van der Waals surface area contributed by atoms with Gasteiger partial charge in [-0.1, -0.05) is 23.7 Å². The number of nitrogens with one attached hydrogen (secondary N) is 1. The maximum atomic E-state index is 11.6. The van der Waals surface area contributed by atoms with E-state index in [4.69, 9.17) is 11.6 Å². The van der Waals surface area contributed by atoms with Gasteiger partial charge in [0.2, 0.25) is 0 Å². The molecule has 0 saturated carbocycles. The molecule has 3 nitrogen and oxygen atoms in total. The number of amides is 2. The van der Waals surface area contributed by atoms with Crippen molar-refractivity contribution in [3.63, 3.8) is 0 Å². The summed E-state index contributed by atoms with van der Waals surface area (Å²) in [6.45, 7) is 0.789. The van der Waals surface area contributed by atoms with E-state index >= 15 is 0 Å². The quantitative estimate of drug-likeness (QED) is 0.838. The summed E-state index contributed by atoms with van der Waals surface area (Å²) in [6.07, 6.45) is 0. The summed E-state index contributed by atoms with van der Waals surface area (Å²) in [6, 6.07) is 7.64. The fourth-order valence-electron chi connectivity index (χ4n) is 1.73. The highest BCUT2D eigenvalue weighted by molar-refractivity contribution is 7.99. The lowest BCUT2D eigenvalue weighted by molar-refractivity contribution is 0.202. The molecule has 1 unspecified atom stereocenters. The van der Waals surface area contributed by atoms with Gasteiger partial charge in [-0.05, 0) is 17.7 Å². The first-order valence-electron chi connectivity index (χ1n) is 5.08. The topological polar surface area (TPSA) is 32.3 Å². The van der Waals surface area contributed by atoms with E-state index in [9.17, 15) is 4.79 Å². The standard InChI is InChI=1S/C11H13ClN2OS/c1-13-11(15)14-6-7-16-10(14)8-2-4-9(12)5-3-8/h2-5,10H,6-7H2,1H3,(H,13,15). The Labute approximate surface area is 104 Å². The minimum Gasteiger partial charge on any atom is -0.341 e. The monoisotopic (exact) mass is 256 g/mol. The van der Waals surface area contributed by atoms with Gasteiger partial charge in [0.1, 0.15) is 5.37 Å². The molecule has 2 rings (SSSR count). The zero-order valence-electron chi connectivity index (χ0n) is 8.94. The van der Waals surface area contributed by atoms with Crippen LogP contribution < -0.4 is 5.32 Å². The first kappa shape index (κ1) is 11.6. The van der Waals surface area contributed by atoms with Gasteiger partial charge in [-0.3, -0.25) is 0 Å². The maximum absolute atomic E-state index is 11.6. The third-order valence-corrected chi connectivity index (χ3v) is 4.03. The summed E-state index contributed by atoms with van der Waals surface area (Å²) < 4.78 is 0. The predicted molar refractivity (Wildman–Crippen MR) is 67.8 cm³/mol. The summed E-state index contributed by atoms with van der Waals surface area (Å²) in [5, 5.41) is 3.49. The van der Waals surface area contributed by atoms with Gasteiger partial charge in [-0.25, -0.2) is 4.79 Å². The lowest BCUT2D eigenvalue weighted by atomic mass is 10.2. The molecule has 0 spiro atoms. The number of carbonyl (C=O) groups is 1. The smallest absolute Gasteiger partial charge is 0.318 e. The Morgan fingerprint density at radius 1 is 1.50 bits per heavy atom. The van der Waals surface area contributed by atoms with Crippen LogP contribution in [-0.4, -0.2) is 30.3 Å². The van der Waals surface area contributed by atoms with Crippen molar-refractivity contribution >= 4 is 29.4 Å². The molecule has 0 bridgehead atoms. The van der Waals surface area contributed by atoms with Crippen LogP contribution in [-0.2, 0) is 0 Å². The highest BCUT2D eigenvalue weighted by Crippen LogP contribution is 2.37. The van der Waals surface area contributed by atoms with E-state index in [1.165, 1.54) is 0 Å². The zero-order chi connectivity index (χ0) is 11.5. The van der Waals surface area contributed by atoms with Crippen molar-refractivity contribution in [3.8, 4) is 0 Å². The van der Waals surface area contributed by atoms with Crippen molar-refractivity contribution in [1.29, 1.82) is 0 Å². The van der Waals surface area contributed by atoms with Crippen molar-refractivity contribution in [2.45, 2.75) is 5.37 Å². The molecule has 1 aliphatic heterocycles. The Balaban J connectivity index is 2.19. The van der Waals surface area contributed by atoms with Gasteiger partial charge in [-0.2, -0.15) is 0 Å². The highest BCUT2D eigenvalue weighted by atomic mass is 35.5. The fraction of sp³-hybridized carbons (Fsp3) is 0.364. The number of halogens is 1.